The molecule has 1 aromatic heterocycles. The third-order valence-electron chi connectivity index (χ3n) is 4.04. The number of benzene rings is 1. The predicted octanol–water partition coefficient (Wildman–Crippen LogP) is 1.27. The number of nitrogens with one attached hydrogen (secondary N) is 1. The standard InChI is InChI=1S/C16H20N4O/c1-18-9-13-8-11-4-2-3-5-14(11)19-16(13)20-7-6-12(10-20)15(17)21/h2-5,8,12,18H,6-7,9-10H2,1H3,(H2,17,21). The maximum atomic E-state index is 11.4. The summed E-state index contributed by atoms with van der Waals surface area (Å²) >= 11 is 0. The molecule has 21 heavy (non-hydrogen) atoms. The number of pyridine rings is 1. The molecule has 0 saturated carbocycles. The number of fused-ring (bicyclic) bond motifs is 1. The van der Waals surface area contributed by atoms with Gasteiger partial charge in [-0.2, -0.15) is 0 Å². The van der Waals surface area contributed by atoms with Crippen LogP contribution < -0.4 is 16.0 Å². The highest BCUT2D eigenvalue weighted by Crippen LogP contribution is 2.28. The summed E-state index contributed by atoms with van der Waals surface area (Å²) in [5.74, 6) is 0.681. The number of carbonyl (C=O) groups excluding carboxylic acids is 1. The molecule has 3 N–H and O–H groups in total. The lowest BCUT2D eigenvalue weighted by Crippen LogP contribution is -2.28. The van der Waals surface area contributed by atoms with Crippen LogP contribution in [0.5, 0.6) is 0 Å². The van der Waals surface area contributed by atoms with Gasteiger partial charge in [-0.1, -0.05) is 18.2 Å². The van der Waals surface area contributed by atoms with Crippen LogP contribution in [0.2, 0.25) is 0 Å². The highest BCUT2D eigenvalue weighted by atomic mass is 16.1. The van der Waals surface area contributed by atoms with E-state index in [4.69, 9.17) is 10.7 Å². The first kappa shape index (κ1) is 13.8. The second-order valence-electron chi connectivity index (χ2n) is 5.53. The van der Waals surface area contributed by atoms with Gasteiger partial charge in [0.05, 0.1) is 11.4 Å². The minimum absolute atomic E-state index is 0.0688. The molecule has 1 aliphatic heterocycles. The molecule has 1 unspecified atom stereocenters. The lowest BCUT2D eigenvalue weighted by molar-refractivity contribution is -0.121. The van der Waals surface area contributed by atoms with E-state index >= 15 is 0 Å². The van der Waals surface area contributed by atoms with Crippen LogP contribution in [0.1, 0.15) is 12.0 Å². The van der Waals surface area contributed by atoms with Crippen LogP contribution in [0, 0.1) is 5.92 Å². The Morgan fingerprint density at radius 2 is 2.29 bits per heavy atom. The van der Waals surface area contributed by atoms with Crippen LogP contribution >= 0.6 is 0 Å². The number of aromatic nitrogens is 1. The summed E-state index contributed by atoms with van der Waals surface area (Å²) in [4.78, 5) is 18.3. The minimum atomic E-state index is -0.214. The van der Waals surface area contributed by atoms with Crippen molar-refractivity contribution in [1.82, 2.24) is 10.3 Å². The largest absolute Gasteiger partial charge is 0.369 e. The monoisotopic (exact) mass is 284 g/mol. The highest BCUT2D eigenvalue weighted by Gasteiger charge is 2.28. The fourth-order valence-corrected chi connectivity index (χ4v) is 2.93. The van der Waals surface area contributed by atoms with Gasteiger partial charge in [0.15, 0.2) is 0 Å². The summed E-state index contributed by atoms with van der Waals surface area (Å²) in [6.07, 6.45) is 0.808. The first-order valence-electron chi connectivity index (χ1n) is 7.26. The number of rotatable bonds is 4. The maximum absolute atomic E-state index is 11.4. The average Bonchev–Trinajstić information content (AvgIpc) is 2.97. The van der Waals surface area contributed by atoms with Crippen LogP contribution in [0.4, 0.5) is 5.82 Å². The first-order chi connectivity index (χ1) is 10.2. The third-order valence-corrected chi connectivity index (χ3v) is 4.04. The summed E-state index contributed by atoms with van der Waals surface area (Å²) < 4.78 is 0. The second-order valence-corrected chi connectivity index (χ2v) is 5.53. The zero-order valence-electron chi connectivity index (χ0n) is 12.2. The molecule has 2 aromatic rings. The van der Waals surface area contributed by atoms with Crippen molar-refractivity contribution in [2.75, 3.05) is 25.0 Å². The van der Waals surface area contributed by atoms with Crippen LogP contribution in [-0.4, -0.2) is 31.0 Å². The van der Waals surface area contributed by atoms with Gasteiger partial charge in [0, 0.05) is 30.6 Å². The van der Waals surface area contributed by atoms with Gasteiger partial charge >= 0.3 is 0 Å². The van der Waals surface area contributed by atoms with Crippen molar-refractivity contribution in [2.45, 2.75) is 13.0 Å². The zero-order valence-corrected chi connectivity index (χ0v) is 12.2. The van der Waals surface area contributed by atoms with Gasteiger partial charge in [-0.05, 0) is 25.6 Å². The van der Waals surface area contributed by atoms with E-state index in [0.29, 0.717) is 6.54 Å². The number of nitrogens with zero attached hydrogens (tertiary/aromatic N) is 2. The smallest absolute Gasteiger partial charge is 0.222 e. The number of hydrogen-bond donors (Lipinski definition) is 2. The van der Waals surface area contributed by atoms with Gasteiger partial charge in [-0.15, -0.1) is 0 Å². The summed E-state index contributed by atoms with van der Waals surface area (Å²) in [5, 5.41) is 4.32. The number of carbonyl (C=O) groups is 1. The molecule has 0 radical (unpaired) electrons. The lowest BCUT2D eigenvalue weighted by atomic mass is 10.1. The maximum Gasteiger partial charge on any atom is 0.222 e. The summed E-state index contributed by atoms with van der Waals surface area (Å²) in [7, 11) is 1.93. The molecule has 0 aliphatic carbocycles. The van der Waals surface area contributed by atoms with Gasteiger partial charge < -0.3 is 16.0 Å². The highest BCUT2D eigenvalue weighted by molar-refractivity contribution is 5.82. The topological polar surface area (TPSA) is 71.2 Å². The number of anilines is 1. The van der Waals surface area contributed by atoms with E-state index in [0.717, 1.165) is 41.8 Å². The van der Waals surface area contributed by atoms with E-state index in [-0.39, 0.29) is 11.8 Å². The molecule has 1 aromatic carbocycles. The van der Waals surface area contributed by atoms with Gasteiger partial charge in [0.2, 0.25) is 5.91 Å². The number of nitrogens with two attached hydrogens (primary N) is 1. The first-order valence-corrected chi connectivity index (χ1v) is 7.26. The van der Waals surface area contributed by atoms with Crippen LogP contribution in [0.3, 0.4) is 0 Å². The second kappa shape index (κ2) is 5.69. The van der Waals surface area contributed by atoms with Gasteiger partial charge in [0.25, 0.3) is 0 Å². The molecule has 0 spiro atoms. The quantitative estimate of drug-likeness (QED) is 0.887. The molecular weight excluding hydrogens is 264 g/mol. The lowest BCUT2D eigenvalue weighted by Gasteiger charge is -2.21. The fraction of sp³-hybridized carbons (Fsp3) is 0.375. The Labute approximate surface area is 124 Å². The molecule has 0 bridgehead atoms. The van der Waals surface area contributed by atoms with Crippen LogP contribution in [0.25, 0.3) is 10.9 Å². The van der Waals surface area contributed by atoms with Crippen molar-refractivity contribution in [2.24, 2.45) is 11.7 Å². The van der Waals surface area contributed by atoms with Crippen molar-refractivity contribution in [1.29, 1.82) is 0 Å². The van der Waals surface area contributed by atoms with Crippen molar-refractivity contribution < 1.29 is 4.79 Å². The third kappa shape index (κ3) is 2.69. The fourth-order valence-electron chi connectivity index (χ4n) is 2.93. The van der Waals surface area contributed by atoms with E-state index in [2.05, 4.69) is 22.3 Å². The molecule has 1 amide bonds. The van der Waals surface area contributed by atoms with Gasteiger partial charge in [0.1, 0.15) is 5.82 Å². The Morgan fingerprint density at radius 1 is 1.48 bits per heavy atom. The van der Waals surface area contributed by atoms with E-state index < -0.39 is 0 Å². The van der Waals surface area contributed by atoms with Crippen LogP contribution in [0.15, 0.2) is 30.3 Å². The number of para-hydroxylation sites is 1. The minimum Gasteiger partial charge on any atom is -0.369 e. The normalized spacial score (nSPS) is 18.3. The molecule has 1 fully saturated rings. The molecule has 1 atom stereocenters. The van der Waals surface area contributed by atoms with E-state index in [1.807, 2.05) is 25.2 Å². The molecule has 2 heterocycles. The Hall–Kier alpha value is -2.14. The SMILES string of the molecule is CNCc1cc2ccccc2nc1N1CCC(C(N)=O)C1. The van der Waals surface area contributed by atoms with E-state index in [9.17, 15) is 4.79 Å². The molecule has 1 aliphatic rings. The molecule has 1 saturated heterocycles. The number of amides is 1. The van der Waals surface area contributed by atoms with Gasteiger partial charge in [-0.3, -0.25) is 4.79 Å². The van der Waals surface area contributed by atoms with Crippen molar-refractivity contribution in [3.8, 4) is 0 Å². The Kier molecular flexibility index (Phi) is 3.75. The summed E-state index contributed by atoms with van der Waals surface area (Å²) in [6, 6.07) is 10.3. The molecule has 3 rings (SSSR count). The van der Waals surface area contributed by atoms with Crippen molar-refractivity contribution in [3.05, 3.63) is 35.9 Å². The van der Waals surface area contributed by atoms with Crippen LogP contribution in [-0.2, 0) is 11.3 Å². The summed E-state index contributed by atoms with van der Waals surface area (Å²) in [6.45, 7) is 2.25. The van der Waals surface area contributed by atoms with E-state index in [1.54, 1.807) is 0 Å². The number of hydrogen-bond acceptors (Lipinski definition) is 4. The Balaban J connectivity index is 2.00. The average molecular weight is 284 g/mol. The molecule has 5 heteroatoms. The Morgan fingerprint density at radius 3 is 3.00 bits per heavy atom. The van der Waals surface area contributed by atoms with E-state index in [1.165, 1.54) is 0 Å². The molecule has 110 valence electrons. The number of primary amides is 1. The molecular formula is C16H20N4O. The predicted molar refractivity (Wildman–Crippen MR) is 84.0 cm³/mol. The molecule has 5 nitrogen and oxygen atoms in total. The summed E-state index contributed by atoms with van der Waals surface area (Å²) in [5.41, 5.74) is 7.56. The zero-order chi connectivity index (χ0) is 14.8. The van der Waals surface area contributed by atoms with Crippen molar-refractivity contribution >= 4 is 22.6 Å². The van der Waals surface area contributed by atoms with Crippen molar-refractivity contribution in [3.63, 3.8) is 0 Å². The Bertz CT molecular complexity index is 670. The van der Waals surface area contributed by atoms with Gasteiger partial charge in [-0.25, -0.2) is 4.98 Å².